The lowest BCUT2D eigenvalue weighted by molar-refractivity contribution is -0.122. The topological polar surface area (TPSA) is 75.7 Å². The van der Waals surface area contributed by atoms with Gasteiger partial charge in [0.2, 0.25) is 0 Å². The number of anilines is 1. The second-order valence-electron chi connectivity index (χ2n) is 7.38. The van der Waals surface area contributed by atoms with Crippen LogP contribution in [0.15, 0.2) is 72.3 Å². The zero-order valence-electron chi connectivity index (χ0n) is 17.5. The smallest absolute Gasteiger partial charge is 0.335 e. The quantitative estimate of drug-likeness (QED) is 0.424. The number of barbiturate groups is 1. The number of benzene rings is 3. The number of nitrogens with zero attached hydrogens (tertiary/aromatic N) is 1. The van der Waals surface area contributed by atoms with Gasteiger partial charge >= 0.3 is 6.03 Å². The highest BCUT2D eigenvalue weighted by atomic mass is 35.5. The van der Waals surface area contributed by atoms with Crippen molar-refractivity contribution in [3.8, 4) is 5.75 Å². The normalized spacial score (nSPS) is 15.1. The van der Waals surface area contributed by atoms with Crippen LogP contribution in [0.2, 0.25) is 5.02 Å². The third-order valence-electron chi connectivity index (χ3n) is 5.00. The van der Waals surface area contributed by atoms with Crippen LogP contribution in [0.3, 0.4) is 0 Å². The van der Waals surface area contributed by atoms with Gasteiger partial charge in [-0.3, -0.25) is 14.9 Å². The number of carbonyl (C=O) groups is 3. The van der Waals surface area contributed by atoms with Gasteiger partial charge in [-0.25, -0.2) is 14.1 Å². The number of imide groups is 2. The van der Waals surface area contributed by atoms with E-state index >= 15 is 0 Å². The minimum atomic E-state index is -0.844. The van der Waals surface area contributed by atoms with Crippen molar-refractivity contribution in [3.05, 3.63) is 99.8 Å². The number of rotatable bonds is 5. The largest absolute Gasteiger partial charge is 0.489 e. The third-order valence-corrected chi connectivity index (χ3v) is 5.41. The molecule has 1 fully saturated rings. The summed E-state index contributed by atoms with van der Waals surface area (Å²) in [5, 5.41) is 2.57. The van der Waals surface area contributed by atoms with Crippen LogP contribution in [0.4, 0.5) is 14.9 Å². The summed E-state index contributed by atoms with van der Waals surface area (Å²) in [5.74, 6) is -1.35. The fraction of sp³-hybridized carbons (Fsp3) is 0.0800. The molecule has 166 valence electrons. The molecule has 0 aliphatic carbocycles. The number of nitrogens with one attached hydrogen (secondary N) is 1. The van der Waals surface area contributed by atoms with Crippen LogP contribution >= 0.6 is 11.6 Å². The van der Waals surface area contributed by atoms with Gasteiger partial charge in [0.15, 0.2) is 0 Å². The van der Waals surface area contributed by atoms with Crippen LogP contribution in [-0.2, 0) is 16.2 Å². The molecule has 4 amide bonds. The molecule has 0 saturated carbocycles. The standard InChI is InChI=1S/C25H18ClFN2O4/c1-15-5-8-19(13-22(15)26)29-24(31)21(23(30)28-25(29)32)12-16-6-9-20(10-7-16)33-14-17-3-2-4-18(27)11-17/h2-13H,14H2,1H3,(H,28,30,32)/b21-12-. The maximum absolute atomic E-state index is 13.3. The second-order valence-corrected chi connectivity index (χ2v) is 7.79. The molecule has 0 bridgehead atoms. The Hall–Kier alpha value is -3.97. The van der Waals surface area contributed by atoms with E-state index in [1.54, 1.807) is 55.5 Å². The Balaban J connectivity index is 1.53. The summed E-state index contributed by atoms with van der Waals surface area (Å²) in [4.78, 5) is 38.5. The van der Waals surface area contributed by atoms with Crippen molar-refractivity contribution in [1.29, 1.82) is 0 Å². The van der Waals surface area contributed by atoms with Gasteiger partial charge in [-0.2, -0.15) is 0 Å². The molecule has 0 spiro atoms. The highest BCUT2D eigenvalue weighted by Crippen LogP contribution is 2.27. The Kier molecular flexibility index (Phi) is 6.24. The molecule has 4 rings (SSSR count). The molecule has 33 heavy (non-hydrogen) atoms. The van der Waals surface area contributed by atoms with Crippen molar-refractivity contribution in [2.75, 3.05) is 4.90 Å². The van der Waals surface area contributed by atoms with Gasteiger partial charge in [0.1, 0.15) is 23.7 Å². The van der Waals surface area contributed by atoms with Gasteiger partial charge in [0.05, 0.1) is 5.69 Å². The molecular weight excluding hydrogens is 447 g/mol. The van der Waals surface area contributed by atoms with E-state index in [9.17, 15) is 18.8 Å². The lowest BCUT2D eigenvalue weighted by Gasteiger charge is -2.26. The number of halogens is 2. The molecular formula is C25H18ClFN2O4. The number of carbonyl (C=O) groups excluding carboxylic acids is 3. The van der Waals surface area contributed by atoms with E-state index in [1.165, 1.54) is 24.3 Å². The summed E-state index contributed by atoms with van der Waals surface area (Å²) in [6.45, 7) is 1.99. The van der Waals surface area contributed by atoms with Crippen LogP contribution in [0, 0.1) is 12.7 Å². The van der Waals surface area contributed by atoms with Crippen molar-refractivity contribution in [2.45, 2.75) is 13.5 Å². The van der Waals surface area contributed by atoms with Crippen LogP contribution in [0.1, 0.15) is 16.7 Å². The molecule has 1 aliphatic rings. The van der Waals surface area contributed by atoms with E-state index in [-0.39, 0.29) is 23.7 Å². The Bertz CT molecular complexity index is 1290. The summed E-state index contributed by atoms with van der Waals surface area (Å²) < 4.78 is 18.9. The molecule has 0 unspecified atom stereocenters. The van der Waals surface area contributed by atoms with Crippen molar-refractivity contribution in [2.24, 2.45) is 0 Å². The van der Waals surface area contributed by atoms with Crippen LogP contribution in [-0.4, -0.2) is 17.8 Å². The van der Waals surface area contributed by atoms with E-state index in [4.69, 9.17) is 16.3 Å². The first kappa shape index (κ1) is 22.2. The van der Waals surface area contributed by atoms with Gasteiger partial charge in [0.25, 0.3) is 11.8 Å². The monoisotopic (exact) mass is 464 g/mol. The Labute approximate surface area is 194 Å². The molecule has 8 heteroatoms. The van der Waals surface area contributed by atoms with Crippen LogP contribution in [0.25, 0.3) is 6.08 Å². The lowest BCUT2D eigenvalue weighted by atomic mass is 10.1. The summed E-state index contributed by atoms with van der Waals surface area (Å²) >= 11 is 6.13. The van der Waals surface area contributed by atoms with Gasteiger partial charge in [0, 0.05) is 5.02 Å². The third kappa shape index (κ3) is 4.94. The molecule has 6 nitrogen and oxygen atoms in total. The molecule has 3 aromatic rings. The summed E-state index contributed by atoms with van der Waals surface area (Å²) in [6.07, 6.45) is 1.39. The van der Waals surface area contributed by atoms with Crippen molar-refractivity contribution < 1.29 is 23.5 Å². The summed E-state index contributed by atoms with van der Waals surface area (Å²) in [6, 6.07) is 16.7. The molecule has 1 saturated heterocycles. The van der Waals surface area contributed by atoms with Gasteiger partial charge in [-0.05, 0) is 66.1 Å². The number of amides is 4. The van der Waals surface area contributed by atoms with E-state index in [2.05, 4.69) is 5.32 Å². The minimum absolute atomic E-state index is 0.190. The first-order valence-corrected chi connectivity index (χ1v) is 10.3. The molecule has 0 atom stereocenters. The maximum atomic E-state index is 13.3. The van der Waals surface area contributed by atoms with E-state index in [1.807, 2.05) is 0 Å². The number of ether oxygens (including phenoxy) is 1. The average molecular weight is 465 g/mol. The first-order valence-electron chi connectivity index (χ1n) is 9.97. The molecule has 3 aromatic carbocycles. The predicted molar refractivity (Wildman–Crippen MR) is 122 cm³/mol. The van der Waals surface area contributed by atoms with E-state index < -0.39 is 17.8 Å². The van der Waals surface area contributed by atoms with Gasteiger partial charge in [-0.1, -0.05) is 41.9 Å². The fourth-order valence-corrected chi connectivity index (χ4v) is 3.41. The molecule has 1 aliphatic heterocycles. The Morgan fingerprint density at radius 2 is 1.79 bits per heavy atom. The predicted octanol–water partition coefficient (Wildman–Crippen LogP) is 5.03. The van der Waals surface area contributed by atoms with E-state index in [0.717, 1.165) is 10.5 Å². The van der Waals surface area contributed by atoms with Gasteiger partial charge in [-0.15, -0.1) is 0 Å². The van der Waals surface area contributed by atoms with Gasteiger partial charge < -0.3 is 4.74 Å². The SMILES string of the molecule is Cc1ccc(N2C(=O)NC(=O)/C(=C/c3ccc(OCc4cccc(F)c4)cc3)C2=O)cc1Cl. The fourth-order valence-electron chi connectivity index (χ4n) is 3.23. The first-order chi connectivity index (χ1) is 15.8. The highest BCUT2D eigenvalue weighted by molar-refractivity contribution is 6.39. The maximum Gasteiger partial charge on any atom is 0.335 e. The second kappa shape index (κ2) is 9.26. The van der Waals surface area contributed by atoms with Crippen molar-refractivity contribution >= 4 is 41.2 Å². The number of aryl methyl sites for hydroxylation is 1. The van der Waals surface area contributed by atoms with Crippen molar-refractivity contribution in [3.63, 3.8) is 0 Å². The number of hydrogen-bond donors (Lipinski definition) is 1. The lowest BCUT2D eigenvalue weighted by Crippen LogP contribution is -2.54. The zero-order chi connectivity index (χ0) is 23.5. The minimum Gasteiger partial charge on any atom is -0.489 e. The van der Waals surface area contributed by atoms with Crippen LogP contribution in [0.5, 0.6) is 5.75 Å². The average Bonchev–Trinajstić information content (AvgIpc) is 2.78. The van der Waals surface area contributed by atoms with Crippen molar-refractivity contribution in [1.82, 2.24) is 5.32 Å². The number of urea groups is 1. The summed E-state index contributed by atoms with van der Waals surface area (Å²) in [7, 11) is 0. The van der Waals surface area contributed by atoms with E-state index in [0.29, 0.717) is 21.9 Å². The Morgan fingerprint density at radius 1 is 1.03 bits per heavy atom. The zero-order valence-corrected chi connectivity index (χ0v) is 18.2. The summed E-state index contributed by atoms with van der Waals surface area (Å²) in [5.41, 5.74) is 2.10. The Morgan fingerprint density at radius 3 is 2.48 bits per heavy atom. The molecule has 1 heterocycles. The molecule has 0 aromatic heterocycles. The number of hydrogen-bond acceptors (Lipinski definition) is 4. The molecule has 1 N–H and O–H groups in total. The van der Waals surface area contributed by atoms with Crippen LogP contribution < -0.4 is 15.0 Å². The molecule has 0 radical (unpaired) electrons. The highest BCUT2D eigenvalue weighted by Gasteiger charge is 2.36.